The van der Waals surface area contributed by atoms with Gasteiger partial charge in [-0.2, -0.15) is 0 Å². The number of anilines is 1. The number of rotatable bonds is 6. The highest BCUT2D eigenvalue weighted by Gasteiger charge is 2.11. The third-order valence-electron chi connectivity index (χ3n) is 4.21. The highest BCUT2D eigenvalue weighted by atomic mass is 14.9. The Hall–Kier alpha value is -3.32. The summed E-state index contributed by atoms with van der Waals surface area (Å²) in [7, 11) is 1.96. The van der Waals surface area contributed by atoms with Gasteiger partial charge in [0.25, 0.3) is 0 Å². The fourth-order valence-corrected chi connectivity index (χ4v) is 3.01. The van der Waals surface area contributed by atoms with E-state index >= 15 is 0 Å². The summed E-state index contributed by atoms with van der Waals surface area (Å²) < 4.78 is 0. The average Bonchev–Trinajstić information content (AvgIpc) is 3.03. The Balaban J connectivity index is 0.000000817. The minimum atomic E-state index is 0.574. The lowest BCUT2D eigenvalue weighted by Gasteiger charge is -2.10. The number of aromatic amines is 1. The maximum atomic E-state index is 7.41. The lowest BCUT2D eigenvalue weighted by Crippen LogP contribution is -2.11. The van der Waals surface area contributed by atoms with Crippen LogP contribution in [0.5, 0.6) is 0 Å². The predicted molar refractivity (Wildman–Crippen MR) is 116 cm³/mol. The number of hydrogen-bond acceptors (Lipinski definition) is 5. The van der Waals surface area contributed by atoms with E-state index in [0.29, 0.717) is 5.70 Å². The lowest BCUT2D eigenvalue weighted by molar-refractivity contribution is 0.794. The van der Waals surface area contributed by atoms with E-state index in [1.807, 2.05) is 7.05 Å². The van der Waals surface area contributed by atoms with E-state index in [1.165, 1.54) is 39.8 Å². The Morgan fingerprint density at radius 2 is 1.89 bits per heavy atom. The number of likely N-dealkylation sites (N-methyl/N-ethyl adjacent to an activating group) is 1. The minimum absolute atomic E-state index is 0.574. The Bertz CT molecular complexity index is 969. The highest BCUT2D eigenvalue weighted by Crippen LogP contribution is 2.32. The molecule has 0 unspecified atom stereocenters. The smallest absolute Gasteiger partial charge is 0.0765 e. The van der Waals surface area contributed by atoms with E-state index in [-0.39, 0.29) is 0 Å². The van der Waals surface area contributed by atoms with Gasteiger partial charge >= 0.3 is 0 Å². The molecular formula is C20H27N7. The van der Waals surface area contributed by atoms with Crippen molar-refractivity contribution in [3.05, 3.63) is 53.4 Å². The van der Waals surface area contributed by atoms with Gasteiger partial charge in [0.15, 0.2) is 0 Å². The van der Waals surface area contributed by atoms with Crippen LogP contribution in [0.2, 0.25) is 0 Å². The predicted octanol–water partition coefficient (Wildman–Crippen LogP) is 2.81. The van der Waals surface area contributed by atoms with Crippen LogP contribution in [0.4, 0.5) is 5.69 Å². The fourth-order valence-electron chi connectivity index (χ4n) is 3.01. The van der Waals surface area contributed by atoms with Crippen LogP contribution in [-0.2, 0) is 6.42 Å². The van der Waals surface area contributed by atoms with Crippen molar-refractivity contribution in [2.45, 2.75) is 13.3 Å². The topological polar surface area (TPSA) is 140 Å². The number of nitrogens with two attached hydrogens (primary N) is 2. The van der Waals surface area contributed by atoms with Crippen LogP contribution >= 0.6 is 0 Å². The standard InChI is InChI=1S/C19H23N5.CH4N2/c1-12-3-4-18-16(7-12)17-9-14(23-15(10-20)11-21)8-13(5-6-22-2)19(17)24-18;2-1-3/h3-4,7-11,20,22-24H,5-6,21H2,1-2H3;1H,(H3,2,3)/b15-11+,20-10?;. The molecule has 142 valence electrons. The van der Waals surface area contributed by atoms with Gasteiger partial charge in [-0.05, 0) is 56.8 Å². The molecule has 0 aliphatic carbocycles. The lowest BCUT2D eigenvalue weighted by atomic mass is 10.0. The molecule has 0 saturated carbocycles. The molecule has 27 heavy (non-hydrogen) atoms. The maximum Gasteiger partial charge on any atom is 0.0765 e. The van der Waals surface area contributed by atoms with Gasteiger partial charge in [0.1, 0.15) is 0 Å². The van der Waals surface area contributed by atoms with Crippen molar-refractivity contribution in [3.63, 3.8) is 0 Å². The van der Waals surface area contributed by atoms with Crippen LogP contribution in [0.1, 0.15) is 11.1 Å². The quantitative estimate of drug-likeness (QED) is 0.266. The van der Waals surface area contributed by atoms with Gasteiger partial charge in [0, 0.05) is 39.9 Å². The molecule has 0 radical (unpaired) electrons. The number of fused-ring (bicyclic) bond motifs is 3. The number of aryl methyl sites for hydroxylation is 1. The summed E-state index contributed by atoms with van der Waals surface area (Å²) in [5.74, 6) is 0. The molecule has 0 spiro atoms. The zero-order chi connectivity index (χ0) is 19.8. The van der Waals surface area contributed by atoms with Crippen molar-refractivity contribution in [2.24, 2.45) is 11.5 Å². The number of allylic oxidation sites excluding steroid dienone is 1. The maximum absolute atomic E-state index is 7.41. The first kappa shape index (κ1) is 20.0. The number of benzene rings is 2. The number of hydrogen-bond donors (Lipinski definition) is 7. The molecule has 7 heteroatoms. The third-order valence-corrected chi connectivity index (χ3v) is 4.21. The van der Waals surface area contributed by atoms with Crippen LogP contribution in [-0.4, -0.2) is 31.1 Å². The van der Waals surface area contributed by atoms with Gasteiger partial charge in [0.2, 0.25) is 0 Å². The Labute approximate surface area is 158 Å². The van der Waals surface area contributed by atoms with Crippen molar-refractivity contribution < 1.29 is 0 Å². The molecule has 2 aromatic carbocycles. The second-order valence-corrected chi connectivity index (χ2v) is 6.14. The summed E-state index contributed by atoms with van der Waals surface area (Å²) in [6, 6.07) is 10.7. The fraction of sp³-hybridized carbons (Fsp3) is 0.200. The summed E-state index contributed by atoms with van der Waals surface area (Å²) >= 11 is 0. The molecular weight excluding hydrogens is 338 g/mol. The highest BCUT2D eigenvalue weighted by molar-refractivity contribution is 6.09. The van der Waals surface area contributed by atoms with Crippen LogP contribution in [0.15, 0.2) is 42.2 Å². The summed E-state index contributed by atoms with van der Waals surface area (Å²) in [5.41, 5.74) is 16.2. The monoisotopic (exact) mass is 365 g/mol. The second-order valence-electron chi connectivity index (χ2n) is 6.14. The molecule has 0 saturated heterocycles. The first-order chi connectivity index (χ1) is 13.1. The Morgan fingerprint density at radius 3 is 2.52 bits per heavy atom. The first-order valence-electron chi connectivity index (χ1n) is 8.67. The second kappa shape index (κ2) is 9.40. The molecule has 0 aliphatic rings. The minimum Gasteiger partial charge on any atom is -0.403 e. The molecule has 9 N–H and O–H groups in total. The van der Waals surface area contributed by atoms with Gasteiger partial charge in [-0.1, -0.05) is 11.6 Å². The van der Waals surface area contributed by atoms with E-state index in [9.17, 15) is 0 Å². The molecule has 1 aromatic heterocycles. The van der Waals surface area contributed by atoms with Crippen LogP contribution < -0.4 is 22.1 Å². The van der Waals surface area contributed by atoms with Crippen LogP contribution in [0.3, 0.4) is 0 Å². The van der Waals surface area contributed by atoms with E-state index < -0.39 is 0 Å². The van der Waals surface area contributed by atoms with Crippen molar-refractivity contribution in [1.29, 1.82) is 10.8 Å². The third kappa shape index (κ3) is 4.65. The molecule has 7 nitrogen and oxygen atoms in total. The molecule has 3 aromatic rings. The van der Waals surface area contributed by atoms with Gasteiger partial charge in [0.05, 0.1) is 12.0 Å². The number of aromatic nitrogens is 1. The van der Waals surface area contributed by atoms with E-state index in [2.05, 4.69) is 58.6 Å². The van der Waals surface area contributed by atoms with Crippen molar-refractivity contribution in [1.82, 2.24) is 10.3 Å². The van der Waals surface area contributed by atoms with Gasteiger partial charge in [-0.15, -0.1) is 0 Å². The van der Waals surface area contributed by atoms with Crippen molar-refractivity contribution in [2.75, 3.05) is 18.9 Å². The summed E-state index contributed by atoms with van der Waals surface area (Å²) in [4.78, 5) is 3.55. The normalized spacial score (nSPS) is 11.1. The Morgan fingerprint density at radius 1 is 1.15 bits per heavy atom. The molecule has 0 bridgehead atoms. The van der Waals surface area contributed by atoms with Crippen molar-refractivity contribution in [3.8, 4) is 0 Å². The van der Waals surface area contributed by atoms with E-state index in [4.69, 9.17) is 16.6 Å². The first-order valence-corrected chi connectivity index (χ1v) is 8.67. The molecule has 1 heterocycles. The summed E-state index contributed by atoms with van der Waals surface area (Å²) in [5, 5.41) is 22.1. The van der Waals surface area contributed by atoms with Gasteiger partial charge in [-0.3, -0.25) is 5.41 Å². The summed E-state index contributed by atoms with van der Waals surface area (Å²) in [6.07, 6.45) is 4.29. The number of nitrogens with one attached hydrogen (secondary N) is 5. The Kier molecular flexibility index (Phi) is 6.96. The number of H-pyrrole nitrogens is 1. The molecule has 0 atom stereocenters. The van der Waals surface area contributed by atoms with E-state index in [1.54, 1.807) is 0 Å². The molecule has 3 rings (SSSR count). The van der Waals surface area contributed by atoms with E-state index in [0.717, 1.165) is 30.5 Å². The zero-order valence-electron chi connectivity index (χ0n) is 15.7. The van der Waals surface area contributed by atoms with Crippen LogP contribution in [0.25, 0.3) is 21.8 Å². The van der Waals surface area contributed by atoms with Crippen molar-refractivity contribution >= 4 is 40.0 Å². The zero-order valence-corrected chi connectivity index (χ0v) is 15.7. The largest absolute Gasteiger partial charge is 0.403 e. The van der Waals surface area contributed by atoms with Gasteiger partial charge in [-0.25, -0.2) is 0 Å². The molecule has 0 fully saturated rings. The average molecular weight is 365 g/mol. The van der Waals surface area contributed by atoms with Crippen LogP contribution in [0, 0.1) is 17.7 Å². The van der Waals surface area contributed by atoms with Gasteiger partial charge < -0.3 is 32.5 Å². The summed E-state index contributed by atoms with van der Waals surface area (Å²) in [6.45, 7) is 3.00. The molecule has 0 aliphatic heterocycles. The SMILES string of the molecule is CNCCc1cc(N/C(C=N)=C/N)cc2c1[nH]c1ccc(C)cc12.N=CN. The molecule has 0 amide bonds.